The third-order valence-corrected chi connectivity index (χ3v) is 2.33. The number of hydrogen-bond acceptors (Lipinski definition) is 2. The van der Waals surface area contributed by atoms with Gasteiger partial charge in [0.1, 0.15) is 0 Å². The summed E-state index contributed by atoms with van der Waals surface area (Å²) in [5.74, 6) is -1.13. The largest absolute Gasteiger partial charge is 0.505 e. The van der Waals surface area contributed by atoms with Crippen molar-refractivity contribution < 1.29 is 9.50 Å². The molecule has 5 heteroatoms. The zero-order valence-electron chi connectivity index (χ0n) is 7.21. The number of phenols is 1. The highest BCUT2D eigenvalue weighted by Gasteiger charge is 2.13. The molecule has 0 spiro atoms. The van der Waals surface area contributed by atoms with E-state index in [2.05, 4.69) is 22.5 Å². The molecule has 1 rings (SSSR count). The zero-order valence-corrected chi connectivity index (χ0v) is 9.61. The minimum Gasteiger partial charge on any atom is -0.505 e. The molecule has 0 aliphatic rings. The summed E-state index contributed by atoms with van der Waals surface area (Å²) in [6, 6.07) is 2.49. The molecular weight excluding hydrogens is 272 g/mol. The molecule has 3 N–H and O–H groups in total. The van der Waals surface area contributed by atoms with Crippen molar-refractivity contribution >= 4 is 28.3 Å². The number of phenolic OH excluding ortho intramolecular Hbond substituents is 1. The maximum Gasteiger partial charge on any atom is 0.179 e. The van der Waals surface area contributed by atoms with E-state index in [0.717, 1.165) is 0 Å². The van der Waals surface area contributed by atoms with Gasteiger partial charge in [0.2, 0.25) is 0 Å². The molecule has 0 fully saturated rings. The Morgan fingerprint density at radius 1 is 1.57 bits per heavy atom. The third-order valence-electron chi connectivity index (χ3n) is 1.71. The van der Waals surface area contributed by atoms with Crippen LogP contribution in [0.15, 0.2) is 29.3 Å². The van der Waals surface area contributed by atoms with Crippen LogP contribution in [0.25, 0.3) is 0 Å². The Morgan fingerprint density at radius 3 is 2.64 bits per heavy atom. The molecular formula is C9H10BrClFNO. The molecule has 0 saturated heterocycles. The monoisotopic (exact) mass is 281 g/mol. The van der Waals surface area contributed by atoms with Crippen LogP contribution in [0.1, 0.15) is 11.6 Å². The van der Waals surface area contributed by atoms with Gasteiger partial charge >= 0.3 is 0 Å². The number of rotatable bonds is 2. The standard InChI is InChI=1S/C9H9BrFNO.ClH/c1-2-7(12)5-3-4-6(10)8(11)9(5)13;/h2-4,7,13H,1,12H2;1H/t7-;/m0./s1. The van der Waals surface area contributed by atoms with Crippen LogP contribution in [0.4, 0.5) is 4.39 Å². The van der Waals surface area contributed by atoms with Gasteiger partial charge in [-0.15, -0.1) is 19.0 Å². The van der Waals surface area contributed by atoms with E-state index < -0.39 is 17.6 Å². The first-order valence-electron chi connectivity index (χ1n) is 3.63. The van der Waals surface area contributed by atoms with E-state index >= 15 is 0 Å². The van der Waals surface area contributed by atoms with Gasteiger partial charge in [0, 0.05) is 5.56 Å². The normalized spacial score (nSPS) is 11.6. The first-order valence-corrected chi connectivity index (χ1v) is 4.42. The van der Waals surface area contributed by atoms with Crippen molar-refractivity contribution in [3.63, 3.8) is 0 Å². The van der Waals surface area contributed by atoms with Crippen molar-refractivity contribution in [1.29, 1.82) is 0 Å². The van der Waals surface area contributed by atoms with Crippen molar-refractivity contribution in [3.05, 3.63) is 40.6 Å². The van der Waals surface area contributed by atoms with Gasteiger partial charge < -0.3 is 10.8 Å². The highest BCUT2D eigenvalue weighted by molar-refractivity contribution is 9.10. The molecule has 78 valence electrons. The summed E-state index contributed by atoms with van der Waals surface area (Å²) in [4.78, 5) is 0. The molecule has 0 aliphatic heterocycles. The van der Waals surface area contributed by atoms with Gasteiger partial charge in [0.25, 0.3) is 0 Å². The molecule has 1 aromatic rings. The van der Waals surface area contributed by atoms with Crippen LogP contribution in [0.3, 0.4) is 0 Å². The van der Waals surface area contributed by atoms with Crippen LogP contribution in [0, 0.1) is 5.82 Å². The molecule has 0 unspecified atom stereocenters. The van der Waals surface area contributed by atoms with E-state index in [0.29, 0.717) is 5.56 Å². The maximum atomic E-state index is 13.1. The van der Waals surface area contributed by atoms with Gasteiger partial charge in [-0.1, -0.05) is 12.1 Å². The Hall–Kier alpha value is -0.580. The van der Waals surface area contributed by atoms with Gasteiger partial charge in [-0.2, -0.15) is 0 Å². The van der Waals surface area contributed by atoms with E-state index in [1.807, 2.05) is 0 Å². The number of benzene rings is 1. The van der Waals surface area contributed by atoms with Crippen LogP contribution >= 0.6 is 28.3 Å². The summed E-state index contributed by atoms with van der Waals surface area (Å²) in [5.41, 5.74) is 5.88. The fourth-order valence-electron chi connectivity index (χ4n) is 0.951. The minimum atomic E-state index is -0.699. The summed E-state index contributed by atoms with van der Waals surface area (Å²) in [5, 5.41) is 9.35. The fraction of sp³-hybridized carbons (Fsp3) is 0.111. The third kappa shape index (κ3) is 2.47. The predicted molar refractivity (Wildman–Crippen MR) is 60.1 cm³/mol. The summed E-state index contributed by atoms with van der Waals surface area (Å²) < 4.78 is 13.3. The van der Waals surface area contributed by atoms with Crippen LogP contribution in [0.2, 0.25) is 0 Å². The molecule has 0 amide bonds. The van der Waals surface area contributed by atoms with E-state index in [-0.39, 0.29) is 16.9 Å². The molecule has 14 heavy (non-hydrogen) atoms. The number of aromatic hydroxyl groups is 1. The molecule has 2 nitrogen and oxygen atoms in total. The van der Waals surface area contributed by atoms with E-state index in [9.17, 15) is 9.50 Å². The molecule has 0 radical (unpaired) electrons. The zero-order chi connectivity index (χ0) is 10.0. The van der Waals surface area contributed by atoms with E-state index in [1.54, 1.807) is 6.07 Å². The second kappa shape index (κ2) is 5.34. The van der Waals surface area contributed by atoms with E-state index in [4.69, 9.17) is 5.73 Å². The summed E-state index contributed by atoms with van der Waals surface area (Å²) in [6.07, 6.45) is 1.43. The molecule has 1 aromatic carbocycles. The maximum absolute atomic E-state index is 13.1. The van der Waals surface area contributed by atoms with Crippen molar-refractivity contribution in [2.75, 3.05) is 0 Å². The van der Waals surface area contributed by atoms with Crippen LogP contribution in [-0.4, -0.2) is 5.11 Å². The molecule has 0 saturated carbocycles. The Kier molecular flexibility index (Phi) is 5.12. The molecule has 0 aliphatic carbocycles. The Labute approximate surface area is 96.2 Å². The Bertz CT molecular complexity index is 346. The number of hydrogen-bond donors (Lipinski definition) is 2. The number of nitrogens with two attached hydrogens (primary N) is 1. The summed E-state index contributed by atoms with van der Waals surface area (Å²) in [6.45, 7) is 3.46. The smallest absolute Gasteiger partial charge is 0.179 e. The second-order valence-corrected chi connectivity index (χ2v) is 3.42. The second-order valence-electron chi connectivity index (χ2n) is 2.56. The molecule has 0 aromatic heterocycles. The highest BCUT2D eigenvalue weighted by Crippen LogP contribution is 2.31. The van der Waals surface area contributed by atoms with Crippen molar-refractivity contribution in [3.8, 4) is 5.75 Å². The summed E-state index contributed by atoms with van der Waals surface area (Å²) >= 11 is 2.95. The predicted octanol–water partition coefficient (Wildman–Crippen LogP) is 2.90. The SMILES string of the molecule is C=C[C@H](N)c1ccc(Br)c(F)c1O.Cl. The van der Waals surface area contributed by atoms with Crippen LogP contribution in [0.5, 0.6) is 5.75 Å². The quantitative estimate of drug-likeness (QED) is 0.819. The van der Waals surface area contributed by atoms with Gasteiger partial charge in [-0.3, -0.25) is 0 Å². The summed E-state index contributed by atoms with van der Waals surface area (Å²) in [7, 11) is 0. The lowest BCUT2D eigenvalue weighted by Crippen LogP contribution is -2.07. The van der Waals surface area contributed by atoms with Gasteiger partial charge in [0.05, 0.1) is 10.5 Å². The Morgan fingerprint density at radius 2 is 2.14 bits per heavy atom. The van der Waals surface area contributed by atoms with Crippen LogP contribution in [-0.2, 0) is 0 Å². The lowest BCUT2D eigenvalue weighted by molar-refractivity contribution is 0.422. The minimum absolute atomic E-state index is 0. The molecule has 0 heterocycles. The van der Waals surface area contributed by atoms with Gasteiger partial charge in [-0.05, 0) is 22.0 Å². The first kappa shape index (κ1) is 13.4. The van der Waals surface area contributed by atoms with E-state index in [1.165, 1.54) is 12.1 Å². The average molecular weight is 283 g/mol. The highest BCUT2D eigenvalue weighted by atomic mass is 79.9. The van der Waals surface area contributed by atoms with Gasteiger partial charge in [0.15, 0.2) is 11.6 Å². The molecule has 1 atom stereocenters. The lowest BCUT2D eigenvalue weighted by Gasteiger charge is -2.09. The fourth-order valence-corrected chi connectivity index (χ4v) is 1.27. The lowest BCUT2D eigenvalue weighted by atomic mass is 10.1. The van der Waals surface area contributed by atoms with Crippen LogP contribution < -0.4 is 5.73 Å². The van der Waals surface area contributed by atoms with Crippen molar-refractivity contribution in [2.24, 2.45) is 5.73 Å². The first-order chi connectivity index (χ1) is 6.07. The van der Waals surface area contributed by atoms with Crippen molar-refractivity contribution in [1.82, 2.24) is 0 Å². The topological polar surface area (TPSA) is 46.2 Å². The average Bonchev–Trinajstić information content (AvgIpc) is 2.13. The molecule has 0 bridgehead atoms. The number of halogens is 3. The van der Waals surface area contributed by atoms with Crippen molar-refractivity contribution in [2.45, 2.75) is 6.04 Å². The van der Waals surface area contributed by atoms with Gasteiger partial charge in [-0.25, -0.2) is 4.39 Å². The Balaban J connectivity index is 0.00000169.